The quantitative estimate of drug-likeness (QED) is 0.801. The molecule has 2 N–H and O–H groups in total. The first-order chi connectivity index (χ1) is 10.0. The maximum absolute atomic E-state index is 4.39. The van der Waals surface area contributed by atoms with E-state index in [1.54, 1.807) is 6.33 Å². The highest BCUT2D eigenvalue weighted by atomic mass is 15.3. The zero-order valence-electron chi connectivity index (χ0n) is 13.0. The van der Waals surface area contributed by atoms with E-state index >= 15 is 0 Å². The molecule has 2 heterocycles. The first-order valence-corrected chi connectivity index (χ1v) is 6.79. The summed E-state index contributed by atoms with van der Waals surface area (Å²) in [6, 6.07) is -0.0654. The SMILES string of the molecule is CCNc1nc(NC(C)c2nncn2C)nc(N(C)C)n1. The minimum absolute atomic E-state index is 0.0654. The van der Waals surface area contributed by atoms with E-state index in [4.69, 9.17) is 0 Å². The van der Waals surface area contributed by atoms with Crippen LogP contribution in [0.1, 0.15) is 25.7 Å². The van der Waals surface area contributed by atoms with Crippen molar-refractivity contribution in [2.24, 2.45) is 7.05 Å². The summed E-state index contributed by atoms with van der Waals surface area (Å²) in [6.07, 6.45) is 1.66. The van der Waals surface area contributed by atoms with Crippen LogP contribution in [0.3, 0.4) is 0 Å². The van der Waals surface area contributed by atoms with E-state index in [-0.39, 0.29) is 6.04 Å². The third-order valence-electron chi connectivity index (χ3n) is 2.84. The maximum Gasteiger partial charge on any atom is 0.231 e. The predicted octanol–water partition coefficient (Wildman–Crippen LogP) is 0.671. The van der Waals surface area contributed by atoms with Gasteiger partial charge in [0, 0.05) is 27.7 Å². The smallest absolute Gasteiger partial charge is 0.231 e. The number of nitrogens with zero attached hydrogens (tertiary/aromatic N) is 7. The fourth-order valence-electron chi connectivity index (χ4n) is 1.81. The number of anilines is 3. The van der Waals surface area contributed by atoms with Crippen molar-refractivity contribution in [3.05, 3.63) is 12.2 Å². The van der Waals surface area contributed by atoms with Crippen molar-refractivity contribution in [1.29, 1.82) is 0 Å². The summed E-state index contributed by atoms with van der Waals surface area (Å²) in [6.45, 7) is 4.72. The zero-order chi connectivity index (χ0) is 15.4. The van der Waals surface area contributed by atoms with Gasteiger partial charge in [-0.25, -0.2) is 0 Å². The highest BCUT2D eigenvalue weighted by Gasteiger charge is 2.14. The average molecular weight is 291 g/mol. The number of hydrogen-bond donors (Lipinski definition) is 2. The Balaban J connectivity index is 2.24. The molecule has 21 heavy (non-hydrogen) atoms. The zero-order valence-corrected chi connectivity index (χ0v) is 13.0. The van der Waals surface area contributed by atoms with E-state index in [0.29, 0.717) is 17.8 Å². The molecular weight excluding hydrogens is 270 g/mol. The van der Waals surface area contributed by atoms with Crippen LogP contribution in [0.4, 0.5) is 17.8 Å². The molecule has 2 aromatic rings. The van der Waals surface area contributed by atoms with E-state index in [1.807, 2.05) is 44.5 Å². The number of aryl methyl sites for hydroxylation is 1. The topological polar surface area (TPSA) is 96.7 Å². The predicted molar refractivity (Wildman–Crippen MR) is 81.4 cm³/mol. The first kappa shape index (κ1) is 14.9. The second-order valence-corrected chi connectivity index (χ2v) is 4.87. The van der Waals surface area contributed by atoms with Crippen molar-refractivity contribution < 1.29 is 0 Å². The minimum atomic E-state index is -0.0654. The number of aromatic nitrogens is 6. The molecule has 2 aromatic heterocycles. The van der Waals surface area contributed by atoms with Crippen LogP contribution in [0, 0.1) is 0 Å². The van der Waals surface area contributed by atoms with Gasteiger partial charge in [-0.2, -0.15) is 15.0 Å². The highest BCUT2D eigenvalue weighted by Crippen LogP contribution is 2.17. The van der Waals surface area contributed by atoms with Gasteiger partial charge >= 0.3 is 0 Å². The second kappa shape index (κ2) is 6.33. The number of rotatable bonds is 6. The molecule has 0 amide bonds. The van der Waals surface area contributed by atoms with Crippen LogP contribution in [-0.2, 0) is 7.05 Å². The summed E-state index contributed by atoms with van der Waals surface area (Å²) < 4.78 is 1.86. The van der Waals surface area contributed by atoms with E-state index < -0.39 is 0 Å². The monoisotopic (exact) mass is 291 g/mol. The molecule has 0 aliphatic heterocycles. The average Bonchev–Trinajstić information content (AvgIpc) is 2.85. The molecule has 9 heteroatoms. The molecule has 0 radical (unpaired) electrons. The Hall–Kier alpha value is -2.45. The van der Waals surface area contributed by atoms with E-state index in [2.05, 4.69) is 35.8 Å². The standard InChI is InChI=1S/C12H21N9/c1-6-13-10-16-11(18-12(17-10)20(3)4)15-8(2)9-19-14-7-21(9)5/h7-8H,6H2,1-5H3,(H2,13,15,16,17,18). The lowest BCUT2D eigenvalue weighted by Crippen LogP contribution is -2.19. The molecule has 9 nitrogen and oxygen atoms in total. The fourth-order valence-corrected chi connectivity index (χ4v) is 1.81. The summed E-state index contributed by atoms with van der Waals surface area (Å²) in [4.78, 5) is 14.9. The van der Waals surface area contributed by atoms with Gasteiger partial charge in [0.15, 0.2) is 5.82 Å². The van der Waals surface area contributed by atoms with Crippen LogP contribution in [0.5, 0.6) is 0 Å². The van der Waals surface area contributed by atoms with E-state index in [1.165, 1.54) is 0 Å². The molecule has 0 fully saturated rings. The Kier molecular flexibility index (Phi) is 4.51. The Bertz CT molecular complexity index is 592. The highest BCUT2D eigenvalue weighted by molar-refractivity contribution is 5.43. The van der Waals surface area contributed by atoms with Crippen molar-refractivity contribution in [2.45, 2.75) is 19.9 Å². The van der Waals surface area contributed by atoms with Crippen molar-refractivity contribution in [1.82, 2.24) is 29.7 Å². The molecular formula is C12H21N9. The van der Waals surface area contributed by atoms with Gasteiger partial charge in [-0.15, -0.1) is 10.2 Å². The van der Waals surface area contributed by atoms with Gasteiger partial charge in [-0.05, 0) is 13.8 Å². The molecule has 0 aromatic carbocycles. The lowest BCUT2D eigenvalue weighted by atomic mass is 10.3. The van der Waals surface area contributed by atoms with Crippen LogP contribution < -0.4 is 15.5 Å². The molecule has 114 valence electrons. The van der Waals surface area contributed by atoms with Crippen LogP contribution in [-0.4, -0.2) is 50.4 Å². The van der Waals surface area contributed by atoms with Gasteiger partial charge in [0.1, 0.15) is 6.33 Å². The molecule has 2 rings (SSSR count). The molecule has 1 atom stereocenters. The van der Waals surface area contributed by atoms with Gasteiger partial charge in [0.2, 0.25) is 17.8 Å². The fraction of sp³-hybridized carbons (Fsp3) is 0.583. The maximum atomic E-state index is 4.39. The van der Waals surface area contributed by atoms with Gasteiger partial charge in [0.05, 0.1) is 6.04 Å². The summed E-state index contributed by atoms with van der Waals surface area (Å²) in [5.74, 6) is 2.45. The van der Waals surface area contributed by atoms with Gasteiger partial charge < -0.3 is 20.1 Å². The Morgan fingerprint density at radius 2 is 1.95 bits per heavy atom. The van der Waals surface area contributed by atoms with Crippen molar-refractivity contribution in [3.8, 4) is 0 Å². The van der Waals surface area contributed by atoms with Gasteiger partial charge in [-0.3, -0.25) is 0 Å². The van der Waals surface area contributed by atoms with Crippen molar-refractivity contribution >= 4 is 17.8 Å². The first-order valence-electron chi connectivity index (χ1n) is 6.79. The summed E-state index contributed by atoms with van der Waals surface area (Å²) in [5.41, 5.74) is 0. The van der Waals surface area contributed by atoms with Crippen LogP contribution in [0.15, 0.2) is 6.33 Å². The molecule has 0 bridgehead atoms. The van der Waals surface area contributed by atoms with Crippen molar-refractivity contribution in [3.63, 3.8) is 0 Å². The summed E-state index contributed by atoms with van der Waals surface area (Å²) in [7, 11) is 5.68. The molecule has 0 saturated heterocycles. The molecule has 0 saturated carbocycles. The van der Waals surface area contributed by atoms with E-state index in [9.17, 15) is 0 Å². The van der Waals surface area contributed by atoms with E-state index in [0.717, 1.165) is 12.4 Å². The Labute approximate surface area is 123 Å². The van der Waals surface area contributed by atoms with Crippen LogP contribution in [0.2, 0.25) is 0 Å². The van der Waals surface area contributed by atoms with Crippen molar-refractivity contribution in [2.75, 3.05) is 36.2 Å². The lowest BCUT2D eigenvalue weighted by Gasteiger charge is -2.16. The largest absolute Gasteiger partial charge is 0.354 e. The third kappa shape index (κ3) is 3.56. The molecule has 0 spiro atoms. The molecule has 0 aliphatic carbocycles. The third-order valence-corrected chi connectivity index (χ3v) is 2.84. The Morgan fingerprint density at radius 1 is 1.24 bits per heavy atom. The summed E-state index contributed by atoms with van der Waals surface area (Å²) >= 11 is 0. The van der Waals surface area contributed by atoms with Gasteiger partial charge in [-0.1, -0.05) is 0 Å². The van der Waals surface area contributed by atoms with Crippen LogP contribution in [0.25, 0.3) is 0 Å². The number of hydrogen-bond acceptors (Lipinski definition) is 8. The molecule has 0 aliphatic rings. The summed E-state index contributed by atoms with van der Waals surface area (Å²) in [5, 5.41) is 14.3. The Morgan fingerprint density at radius 3 is 2.52 bits per heavy atom. The normalized spacial score (nSPS) is 12.0. The van der Waals surface area contributed by atoms with Gasteiger partial charge in [0.25, 0.3) is 0 Å². The lowest BCUT2D eigenvalue weighted by molar-refractivity contribution is 0.711. The minimum Gasteiger partial charge on any atom is -0.354 e. The second-order valence-electron chi connectivity index (χ2n) is 4.87. The number of nitrogens with one attached hydrogen (secondary N) is 2. The van der Waals surface area contributed by atoms with Crippen LogP contribution >= 0.6 is 0 Å². The molecule has 1 unspecified atom stereocenters.